The molecule has 0 spiro atoms. The van der Waals surface area contributed by atoms with Crippen LogP contribution in [0.1, 0.15) is 27.7 Å². The second-order valence-corrected chi connectivity index (χ2v) is 7.81. The second-order valence-electron chi connectivity index (χ2n) is 6.12. The van der Waals surface area contributed by atoms with Gasteiger partial charge in [-0.15, -0.1) is 9.35 Å². The molecule has 0 aliphatic carbocycles. The van der Waals surface area contributed by atoms with Crippen LogP contribution in [0.4, 0.5) is 5.95 Å². The van der Waals surface area contributed by atoms with Crippen molar-refractivity contribution >= 4 is 19.1 Å². The van der Waals surface area contributed by atoms with Gasteiger partial charge in [-0.25, -0.2) is 14.3 Å². The van der Waals surface area contributed by atoms with Gasteiger partial charge in [0.05, 0.1) is 32.0 Å². The summed E-state index contributed by atoms with van der Waals surface area (Å²) < 4.78 is 33.4. The molecule has 0 saturated heterocycles. The maximum absolute atomic E-state index is 13.2. The average molecular weight is 454 g/mol. The Hall–Kier alpha value is -1.44. The van der Waals surface area contributed by atoms with E-state index in [-0.39, 0.29) is 51.5 Å². The molecule has 0 radical (unpaired) electrons. The van der Waals surface area contributed by atoms with Gasteiger partial charge in [0.25, 0.3) is 5.57 Å². The zero-order valence-corrected chi connectivity index (χ0v) is 18.8. The first-order chi connectivity index (χ1) is 14.3. The zero-order valence-electron chi connectivity index (χ0n) is 17.9. The predicted molar refractivity (Wildman–Crippen MR) is 105 cm³/mol. The van der Waals surface area contributed by atoms with Crippen LogP contribution in [0, 0.1) is 0 Å². The van der Waals surface area contributed by atoms with Gasteiger partial charge in [-0.3, -0.25) is 0 Å². The third-order valence-corrected chi connectivity index (χ3v) is 4.44. The van der Waals surface area contributed by atoms with Gasteiger partial charge in [-0.05, 0) is 27.7 Å². The van der Waals surface area contributed by atoms with Crippen molar-refractivity contribution in [1.29, 1.82) is 0 Å². The quantitative estimate of drug-likeness (QED) is 0.152. The molecule has 14 heteroatoms. The standard InChI is InChI=1S/C16H31N4O9P/c1-6-26-28-30(23,29-27-7-2)16-18-14(17-15(19-16)25-9-8-24-5)20(10-12(3)21)11-13(4)22/h12-13,21-22H,6-11H2,1-5H3. The first-order valence-electron chi connectivity index (χ1n) is 9.47. The number of nitrogens with zero attached hydrogens (tertiary/aromatic N) is 4. The SMILES string of the molecule is CCOOP(=O)(OOCC)c1nc(OCCOC)nc(N(CC(C)O)CC(C)O)n1. The van der Waals surface area contributed by atoms with Crippen molar-refractivity contribution in [3.8, 4) is 6.01 Å². The Morgan fingerprint density at radius 1 is 0.967 bits per heavy atom. The maximum atomic E-state index is 13.2. The van der Waals surface area contributed by atoms with E-state index in [1.165, 1.54) is 12.0 Å². The number of methoxy groups -OCH3 is 1. The largest absolute Gasteiger partial charge is 0.461 e. The van der Waals surface area contributed by atoms with Crippen LogP contribution >= 0.6 is 7.60 Å². The number of anilines is 1. The van der Waals surface area contributed by atoms with E-state index >= 15 is 0 Å². The molecule has 0 aliphatic heterocycles. The van der Waals surface area contributed by atoms with Crippen LogP contribution in [-0.2, 0) is 28.4 Å². The summed E-state index contributed by atoms with van der Waals surface area (Å²) in [5.74, 6) is -0.0189. The molecule has 1 aromatic heterocycles. The summed E-state index contributed by atoms with van der Waals surface area (Å²) in [7, 11) is -2.77. The Kier molecular flexibility index (Phi) is 12.2. The van der Waals surface area contributed by atoms with Crippen LogP contribution in [0.5, 0.6) is 6.01 Å². The number of aliphatic hydroxyl groups is 2. The molecular weight excluding hydrogens is 423 g/mol. The zero-order chi connectivity index (χ0) is 22.6. The Balaban J connectivity index is 3.41. The molecule has 0 fully saturated rings. The fourth-order valence-corrected chi connectivity index (χ4v) is 3.15. The van der Waals surface area contributed by atoms with Crippen LogP contribution in [0.3, 0.4) is 0 Å². The number of hydrogen-bond acceptors (Lipinski definition) is 13. The molecule has 13 nitrogen and oxygen atoms in total. The molecule has 1 aromatic rings. The van der Waals surface area contributed by atoms with Gasteiger partial charge >= 0.3 is 13.6 Å². The Morgan fingerprint density at radius 3 is 2.00 bits per heavy atom. The van der Waals surface area contributed by atoms with Crippen molar-refractivity contribution in [3.63, 3.8) is 0 Å². The van der Waals surface area contributed by atoms with E-state index in [9.17, 15) is 14.8 Å². The lowest BCUT2D eigenvalue weighted by atomic mass is 10.3. The van der Waals surface area contributed by atoms with Crippen molar-refractivity contribution in [2.24, 2.45) is 0 Å². The molecule has 2 N–H and O–H groups in total. The third kappa shape index (κ3) is 9.14. The first kappa shape index (κ1) is 26.6. The highest BCUT2D eigenvalue weighted by Gasteiger charge is 2.37. The molecule has 0 bridgehead atoms. The van der Waals surface area contributed by atoms with E-state index < -0.39 is 25.4 Å². The summed E-state index contributed by atoms with van der Waals surface area (Å²) in [6.45, 7) is 7.04. The average Bonchev–Trinajstić information content (AvgIpc) is 2.69. The number of rotatable bonds is 16. The molecule has 2 unspecified atom stereocenters. The number of hydrogen-bond donors (Lipinski definition) is 2. The van der Waals surface area contributed by atoms with Crippen LogP contribution in [0.25, 0.3) is 0 Å². The predicted octanol–water partition coefficient (Wildman–Crippen LogP) is 0.219. The van der Waals surface area contributed by atoms with E-state index in [2.05, 4.69) is 15.0 Å². The van der Waals surface area contributed by atoms with Crippen molar-refractivity contribution in [1.82, 2.24) is 15.0 Å². The lowest BCUT2D eigenvalue weighted by Crippen LogP contribution is -2.39. The Labute approximate surface area is 175 Å². The van der Waals surface area contributed by atoms with E-state index in [4.69, 9.17) is 28.6 Å². The summed E-state index contributed by atoms with van der Waals surface area (Å²) in [6, 6.07) is -0.186. The van der Waals surface area contributed by atoms with Gasteiger partial charge in [0.2, 0.25) is 5.95 Å². The van der Waals surface area contributed by atoms with Gasteiger partial charge in [-0.2, -0.15) is 15.0 Å². The van der Waals surface area contributed by atoms with Crippen LogP contribution in [0.2, 0.25) is 0 Å². The summed E-state index contributed by atoms with van der Waals surface area (Å²) in [4.78, 5) is 23.4. The molecule has 2 atom stereocenters. The number of aliphatic hydroxyl groups excluding tert-OH is 2. The minimum absolute atomic E-state index is 0.0189. The van der Waals surface area contributed by atoms with E-state index in [0.29, 0.717) is 0 Å². The second kappa shape index (κ2) is 13.8. The van der Waals surface area contributed by atoms with Crippen molar-refractivity contribution < 1.29 is 43.4 Å². The van der Waals surface area contributed by atoms with Crippen molar-refractivity contribution in [2.45, 2.75) is 39.9 Å². The first-order valence-corrected chi connectivity index (χ1v) is 11.0. The summed E-state index contributed by atoms with van der Waals surface area (Å²) in [6.07, 6.45) is -1.54. The van der Waals surface area contributed by atoms with Gasteiger partial charge in [0, 0.05) is 20.2 Å². The molecule has 30 heavy (non-hydrogen) atoms. The van der Waals surface area contributed by atoms with E-state index in [0.717, 1.165) is 0 Å². The van der Waals surface area contributed by atoms with Gasteiger partial charge < -0.3 is 24.6 Å². The summed E-state index contributed by atoms with van der Waals surface area (Å²) >= 11 is 0. The van der Waals surface area contributed by atoms with E-state index in [1.54, 1.807) is 27.7 Å². The highest BCUT2D eigenvalue weighted by molar-refractivity contribution is 7.61. The smallest absolute Gasteiger partial charge is 0.452 e. The van der Waals surface area contributed by atoms with Crippen molar-refractivity contribution in [2.75, 3.05) is 51.5 Å². The van der Waals surface area contributed by atoms with Crippen LogP contribution < -0.4 is 15.2 Å². The maximum Gasteiger partial charge on any atom is 0.452 e. The fraction of sp³-hybridized carbons (Fsp3) is 0.812. The molecule has 0 aromatic carbocycles. The number of ether oxygens (including phenoxy) is 2. The van der Waals surface area contributed by atoms with Gasteiger partial charge in [0.1, 0.15) is 6.61 Å². The highest BCUT2D eigenvalue weighted by atomic mass is 31.2. The van der Waals surface area contributed by atoms with Gasteiger partial charge in [-0.1, -0.05) is 0 Å². The van der Waals surface area contributed by atoms with Gasteiger partial charge in [0.15, 0.2) is 0 Å². The normalized spacial score (nSPS) is 13.8. The summed E-state index contributed by atoms with van der Waals surface area (Å²) in [5.41, 5.74) is -0.428. The van der Waals surface area contributed by atoms with Crippen LogP contribution in [-0.4, -0.2) is 84.0 Å². The molecule has 0 aliphatic rings. The molecule has 0 saturated carbocycles. The lowest BCUT2D eigenvalue weighted by molar-refractivity contribution is -0.260. The minimum atomic E-state index is -4.28. The molecular formula is C16H31N4O9P. The Bertz CT molecular complexity index is 644. The highest BCUT2D eigenvalue weighted by Crippen LogP contribution is 2.46. The topological polar surface area (TPSA) is 155 Å². The van der Waals surface area contributed by atoms with Crippen molar-refractivity contribution in [3.05, 3.63) is 0 Å². The molecule has 0 amide bonds. The summed E-state index contributed by atoms with van der Waals surface area (Å²) in [5, 5.41) is 19.6. The van der Waals surface area contributed by atoms with E-state index in [1.807, 2.05) is 0 Å². The van der Waals surface area contributed by atoms with Crippen LogP contribution in [0.15, 0.2) is 0 Å². The minimum Gasteiger partial charge on any atom is -0.461 e. The molecule has 174 valence electrons. The molecule has 1 rings (SSSR count). The lowest BCUT2D eigenvalue weighted by Gasteiger charge is -2.26. The fourth-order valence-electron chi connectivity index (χ4n) is 2.08. The third-order valence-electron chi connectivity index (χ3n) is 3.14. The number of aromatic nitrogens is 3. The monoisotopic (exact) mass is 454 g/mol. The Morgan fingerprint density at radius 2 is 1.53 bits per heavy atom. The molecule has 1 heterocycles.